The van der Waals surface area contributed by atoms with Crippen molar-refractivity contribution in [3.63, 3.8) is 0 Å². The van der Waals surface area contributed by atoms with E-state index in [9.17, 15) is 4.79 Å². The van der Waals surface area contributed by atoms with Crippen molar-refractivity contribution in [1.82, 2.24) is 4.90 Å². The van der Waals surface area contributed by atoms with Gasteiger partial charge in [0.2, 0.25) is 0 Å². The van der Waals surface area contributed by atoms with Gasteiger partial charge in [0.25, 0.3) is 0 Å². The lowest BCUT2D eigenvalue weighted by Gasteiger charge is -2.21. The van der Waals surface area contributed by atoms with Crippen molar-refractivity contribution < 1.29 is 9.53 Å². The number of carbonyl (C=O) groups excluding carboxylic acids is 1. The van der Waals surface area contributed by atoms with Crippen LogP contribution in [-0.2, 0) is 11.3 Å². The van der Waals surface area contributed by atoms with Gasteiger partial charge >= 0.3 is 5.97 Å². The van der Waals surface area contributed by atoms with E-state index in [-0.39, 0.29) is 6.10 Å². The lowest BCUT2D eigenvalue weighted by Crippen LogP contribution is -2.30. The zero-order valence-electron chi connectivity index (χ0n) is 13.1. The Hall–Kier alpha value is -1.55. The van der Waals surface area contributed by atoms with Gasteiger partial charge in [0.1, 0.15) is 6.10 Å². The van der Waals surface area contributed by atoms with Crippen LogP contribution in [0, 0.1) is 0 Å². The van der Waals surface area contributed by atoms with Gasteiger partial charge in [-0.3, -0.25) is 4.90 Å². The fourth-order valence-electron chi connectivity index (χ4n) is 2.34. The van der Waals surface area contributed by atoms with Gasteiger partial charge < -0.3 is 4.74 Å². The van der Waals surface area contributed by atoms with Crippen LogP contribution in [0.3, 0.4) is 0 Å². The molecule has 0 aliphatic heterocycles. The molecule has 0 aliphatic carbocycles. The van der Waals surface area contributed by atoms with Gasteiger partial charge in [-0.2, -0.15) is 0 Å². The molecule has 0 radical (unpaired) electrons. The summed E-state index contributed by atoms with van der Waals surface area (Å²) >= 11 is 11.9. The second kappa shape index (κ2) is 8.34. The molecular weight excluding hydrogens is 333 g/mol. The van der Waals surface area contributed by atoms with E-state index in [1.165, 1.54) is 11.6 Å². The molecule has 0 spiro atoms. The van der Waals surface area contributed by atoms with Crippen LogP contribution in [0.5, 0.6) is 0 Å². The molecule has 1 atom stereocenters. The Bertz CT molecular complexity index is 661. The van der Waals surface area contributed by atoms with Crippen molar-refractivity contribution in [2.45, 2.75) is 19.6 Å². The molecule has 0 fully saturated rings. The molecule has 0 heterocycles. The minimum absolute atomic E-state index is 0.247. The maximum Gasteiger partial charge on any atom is 0.339 e. The van der Waals surface area contributed by atoms with Crippen molar-refractivity contribution in [1.29, 1.82) is 0 Å². The highest BCUT2D eigenvalue weighted by atomic mass is 35.5. The van der Waals surface area contributed by atoms with Crippen molar-refractivity contribution in [2.24, 2.45) is 0 Å². The maximum atomic E-state index is 12.2. The summed E-state index contributed by atoms with van der Waals surface area (Å²) in [7, 11) is 1.99. The topological polar surface area (TPSA) is 29.5 Å². The number of halogens is 2. The van der Waals surface area contributed by atoms with Gasteiger partial charge in [0.15, 0.2) is 0 Å². The van der Waals surface area contributed by atoms with Gasteiger partial charge in [-0.15, -0.1) is 0 Å². The predicted octanol–water partition coefficient (Wildman–Crippen LogP) is 4.67. The van der Waals surface area contributed by atoms with Crippen LogP contribution in [0.2, 0.25) is 10.0 Å². The number of rotatable bonds is 6. The van der Waals surface area contributed by atoms with Crippen LogP contribution in [0.1, 0.15) is 22.8 Å². The number of likely N-dealkylation sites (N-methyl/N-ethyl adjacent to an activating group) is 1. The highest BCUT2D eigenvalue weighted by Gasteiger charge is 2.16. The van der Waals surface area contributed by atoms with Gasteiger partial charge in [0, 0.05) is 18.1 Å². The second-order valence-electron chi connectivity index (χ2n) is 5.52. The third-order valence-corrected chi connectivity index (χ3v) is 3.87. The molecule has 0 amide bonds. The highest BCUT2D eigenvalue weighted by Crippen LogP contribution is 2.22. The summed E-state index contributed by atoms with van der Waals surface area (Å²) in [5.74, 6) is -0.438. The molecule has 0 N–H and O–H groups in total. The first-order valence-corrected chi connectivity index (χ1v) is 8.10. The molecule has 1 unspecified atom stereocenters. The van der Waals surface area contributed by atoms with Crippen LogP contribution in [0.25, 0.3) is 0 Å². The van der Waals surface area contributed by atoms with Crippen LogP contribution in [0.4, 0.5) is 0 Å². The number of hydrogen-bond donors (Lipinski definition) is 0. The summed E-state index contributed by atoms with van der Waals surface area (Å²) in [5.41, 5.74) is 1.54. The Labute approximate surface area is 146 Å². The van der Waals surface area contributed by atoms with Crippen molar-refractivity contribution in [3.05, 3.63) is 69.7 Å². The highest BCUT2D eigenvalue weighted by molar-refractivity contribution is 6.36. The average Bonchev–Trinajstić information content (AvgIpc) is 2.47. The van der Waals surface area contributed by atoms with Gasteiger partial charge in [-0.25, -0.2) is 4.79 Å². The number of esters is 1. The Balaban J connectivity index is 1.88. The number of carbonyl (C=O) groups is 1. The van der Waals surface area contributed by atoms with E-state index < -0.39 is 5.97 Å². The first-order valence-electron chi connectivity index (χ1n) is 7.34. The SMILES string of the molecule is CC(CN(C)Cc1ccccc1)OC(=O)c1ccc(Cl)cc1Cl. The van der Waals surface area contributed by atoms with Crippen molar-refractivity contribution >= 4 is 29.2 Å². The summed E-state index contributed by atoms with van der Waals surface area (Å²) in [6.07, 6.45) is -0.247. The van der Waals surface area contributed by atoms with Crippen molar-refractivity contribution in [3.8, 4) is 0 Å². The monoisotopic (exact) mass is 351 g/mol. The minimum atomic E-state index is -0.438. The molecule has 2 aromatic rings. The lowest BCUT2D eigenvalue weighted by molar-refractivity contribution is 0.0268. The zero-order valence-corrected chi connectivity index (χ0v) is 14.6. The Morgan fingerprint density at radius 1 is 1.17 bits per heavy atom. The molecule has 0 saturated heterocycles. The number of nitrogens with zero attached hydrogens (tertiary/aromatic N) is 1. The Morgan fingerprint density at radius 2 is 1.87 bits per heavy atom. The molecule has 2 rings (SSSR count). The van der Waals surface area contributed by atoms with Crippen LogP contribution >= 0.6 is 23.2 Å². The normalized spacial score (nSPS) is 12.2. The summed E-state index contributed by atoms with van der Waals surface area (Å²) < 4.78 is 5.46. The third-order valence-electron chi connectivity index (χ3n) is 3.32. The summed E-state index contributed by atoms with van der Waals surface area (Å²) in [6, 6.07) is 14.9. The summed E-state index contributed by atoms with van der Waals surface area (Å²) in [6.45, 7) is 3.29. The van der Waals surface area contributed by atoms with E-state index in [0.717, 1.165) is 6.54 Å². The van der Waals surface area contributed by atoms with Crippen LogP contribution in [0.15, 0.2) is 48.5 Å². The number of ether oxygens (including phenoxy) is 1. The maximum absolute atomic E-state index is 12.2. The van der Waals surface area contributed by atoms with Gasteiger partial charge in [-0.05, 0) is 37.7 Å². The Morgan fingerprint density at radius 3 is 2.52 bits per heavy atom. The average molecular weight is 352 g/mol. The van der Waals surface area contributed by atoms with Crippen LogP contribution in [-0.4, -0.2) is 30.6 Å². The quantitative estimate of drug-likeness (QED) is 0.708. The van der Waals surface area contributed by atoms with Crippen molar-refractivity contribution in [2.75, 3.05) is 13.6 Å². The molecule has 0 aliphatic rings. The third kappa shape index (κ3) is 5.54. The van der Waals surface area contributed by atoms with Crippen LogP contribution < -0.4 is 0 Å². The standard InChI is InChI=1S/C18H19Cl2NO2/c1-13(11-21(2)12-14-6-4-3-5-7-14)23-18(22)16-9-8-15(19)10-17(16)20/h3-10,13H,11-12H2,1-2H3. The lowest BCUT2D eigenvalue weighted by atomic mass is 10.2. The molecule has 0 saturated carbocycles. The first kappa shape index (κ1) is 17.8. The second-order valence-corrected chi connectivity index (χ2v) is 6.37. The molecule has 0 aromatic heterocycles. The van der Waals surface area contributed by atoms with E-state index in [0.29, 0.717) is 22.2 Å². The van der Waals surface area contributed by atoms with Gasteiger partial charge in [0.05, 0.1) is 10.6 Å². The van der Waals surface area contributed by atoms with E-state index in [4.69, 9.17) is 27.9 Å². The molecule has 2 aromatic carbocycles. The summed E-state index contributed by atoms with van der Waals surface area (Å²) in [5, 5.41) is 0.787. The predicted molar refractivity (Wildman–Crippen MR) is 94.1 cm³/mol. The van der Waals surface area contributed by atoms with E-state index in [1.807, 2.05) is 32.2 Å². The first-order chi connectivity index (χ1) is 11.0. The molecule has 23 heavy (non-hydrogen) atoms. The number of hydrogen-bond acceptors (Lipinski definition) is 3. The number of benzene rings is 2. The summed E-state index contributed by atoms with van der Waals surface area (Å²) in [4.78, 5) is 14.3. The smallest absolute Gasteiger partial charge is 0.339 e. The molecule has 3 nitrogen and oxygen atoms in total. The molecular formula is C18H19Cl2NO2. The van der Waals surface area contributed by atoms with Gasteiger partial charge in [-0.1, -0.05) is 53.5 Å². The fraction of sp³-hybridized carbons (Fsp3) is 0.278. The molecule has 5 heteroatoms. The van der Waals surface area contributed by atoms with E-state index in [2.05, 4.69) is 17.0 Å². The fourth-order valence-corrected chi connectivity index (χ4v) is 2.82. The largest absolute Gasteiger partial charge is 0.458 e. The molecule has 122 valence electrons. The minimum Gasteiger partial charge on any atom is -0.458 e. The Kier molecular flexibility index (Phi) is 6.46. The van der Waals surface area contributed by atoms with E-state index in [1.54, 1.807) is 12.1 Å². The molecule has 0 bridgehead atoms. The van der Waals surface area contributed by atoms with E-state index >= 15 is 0 Å². The zero-order chi connectivity index (χ0) is 16.8.